The molecule has 0 atom stereocenters. The van der Waals surface area contributed by atoms with Crippen molar-refractivity contribution in [3.05, 3.63) is 29.8 Å². The molecule has 0 aliphatic heterocycles. The van der Waals surface area contributed by atoms with Crippen LogP contribution in [0.4, 0.5) is 5.69 Å². The Labute approximate surface area is 108 Å². The average Bonchev–Trinajstić information content (AvgIpc) is 2.38. The molecule has 4 nitrogen and oxygen atoms in total. The summed E-state index contributed by atoms with van der Waals surface area (Å²) in [7, 11) is 1.47. The molecule has 4 heteroatoms. The van der Waals surface area contributed by atoms with Gasteiger partial charge in [-0.1, -0.05) is 20.4 Å². The predicted molar refractivity (Wildman–Crippen MR) is 76.8 cm³/mol. The molecule has 0 spiro atoms. The first-order chi connectivity index (χ1) is 8.51. The van der Waals surface area contributed by atoms with Crippen LogP contribution in [-0.4, -0.2) is 19.7 Å². The van der Waals surface area contributed by atoms with Crippen molar-refractivity contribution >= 4 is 23.9 Å². The summed E-state index contributed by atoms with van der Waals surface area (Å²) in [6, 6.07) is 3.24. The van der Waals surface area contributed by atoms with Crippen molar-refractivity contribution in [3.63, 3.8) is 0 Å². The molecule has 0 aromatic heterocycles. The molecule has 0 bridgehead atoms. The third kappa shape index (κ3) is 3.45. The zero-order valence-electron chi connectivity index (χ0n) is 11.4. The van der Waals surface area contributed by atoms with Gasteiger partial charge in [0.05, 0.1) is 18.4 Å². The average molecular weight is 248 g/mol. The lowest BCUT2D eigenvalue weighted by Crippen LogP contribution is -2.12. The standard InChI is InChI=1S/C12H14N2O2.C2H6/c1-7(2)8-5-9(12(13)15)11(16-4)6-10(8)14-3;1-2/h5-6H,1,3H2,2,4H3,(H2,13,15);1-2H3. The fourth-order valence-corrected chi connectivity index (χ4v) is 1.40. The molecule has 0 aliphatic rings. The van der Waals surface area contributed by atoms with Gasteiger partial charge >= 0.3 is 0 Å². The Balaban J connectivity index is 0.00000137. The highest BCUT2D eigenvalue weighted by Gasteiger charge is 2.13. The molecule has 0 radical (unpaired) electrons. The number of rotatable bonds is 4. The Bertz CT molecular complexity index is 465. The highest BCUT2D eigenvalue weighted by Crippen LogP contribution is 2.32. The van der Waals surface area contributed by atoms with Gasteiger partial charge in [-0.2, -0.15) is 0 Å². The fourth-order valence-electron chi connectivity index (χ4n) is 1.40. The van der Waals surface area contributed by atoms with E-state index in [1.54, 1.807) is 12.1 Å². The summed E-state index contributed by atoms with van der Waals surface area (Å²) < 4.78 is 5.07. The Hall–Kier alpha value is -2.10. The summed E-state index contributed by atoms with van der Waals surface area (Å²) in [5.41, 5.74) is 7.71. The topological polar surface area (TPSA) is 64.7 Å². The number of carbonyl (C=O) groups excluding carboxylic acids is 1. The van der Waals surface area contributed by atoms with E-state index >= 15 is 0 Å². The van der Waals surface area contributed by atoms with E-state index < -0.39 is 5.91 Å². The van der Waals surface area contributed by atoms with Crippen molar-refractivity contribution in [1.29, 1.82) is 0 Å². The van der Waals surface area contributed by atoms with Crippen LogP contribution in [0, 0.1) is 0 Å². The third-order valence-electron chi connectivity index (χ3n) is 2.21. The lowest BCUT2D eigenvalue weighted by Gasteiger charge is -2.11. The van der Waals surface area contributed by atoms with E-state index in [9.17, 15) is 4.79 Å². The molecule has 1 aromatic carbocycles. The Kier molecular flexibility index (Phi) is 6.42. The van der Waals surface area contributed by atoms with E-state index in [2.05, 4.69) is 18.3 Å². The monoisotopic (exact) mass is 248 g/mol. The van der Waals surface area contributed by atoms with Gasteiger partial charge in [0.1, 0.15) is 5.75 Å². The summed E-state index contributed by atoms with van der Waals surface area (Å²) in [4.78, 5) is 15.1. The SMILES string of the molecule is C=Nc1cc(OC)c(C(N)=O)cc1C(=C)C.CC. The Morgan fingerprint density at radius 1 is 1.33 bits per heavy atom. The molecule has 0 fully saturated rings. The molecule has 0 saturated carbocycles. The van der Waals surface area contributed by atoms with Gasteiger partial charge in [0.2, 0.25) is 0 Å². The maximum atomic E-state index is 11.2. The summed E-state index contributed by atoms with van der Waals surface area (Å²) in [6.45, 7) is 13.1. The van der Waals surface area contributed by atoms with Crippen molar-refractivity contribution in [1.82, 2.24) is 0 Å². The number of primary amides is 1. The number of nitrogens with zero attached hydrogens (tertiary/aromatic N) is 1. The number of ether oxygens (including phenoxy) is 1. The van der Waals surface area contributed by atoms with Gasteiger partial charge in [-0.3, -0.25) is 9.79 Å². The number of allylic oxidation sites excluding steroid dienone is 1. The van der Waals surface area contributed by atoms with Gasteiger partial charge in [-0.25, -0.2) is 0 Å². The molecule has 1 aromatic rings. The number of benzene rings is 1. The lowest BCUT2D eigenvalue weighted by molar-refractivity contribution is 0.0997. The van der Waals surface area contributed by atoms with Crippen LogP contribution < -0.4 is 10.5 Å². The van der Waals surface area contributed by atoms with Gasteiger partial charge in [-0.15, -0.1) is 0 Å². The van der Waals surface area contributed by atoms with Crippen LogP contribution >= 0.6 is 0 Å². The predicted octanol–water partition coefficient (Wildman–Crippen LogP) is 3.19. The highest BCUT2D eigenvalue weighted by molar-refractivity contribution is 5.97. The number of nitrogens with two attached hydrogens (primary N) is 1. The van der Waals surface area contributed by atoms with Crippen LogP contribution in [0.3, 0.4) is 0 Å². The quantitative estimate of drug-likeness (QED) is 0.832. The summed E-state index contributed by atoms with van der Waals surface area (Å²) in [5, 5.41) is 0. The lowest BCUT2D eigenvalue weighted by atomic mass is 10.0. The minimum atomic E-state index is -0.546. The van der Waals surface area contributed by atoms with Gasteiger partial charge < -0.3 is 10.5 Å². The molecule has 98 valence electrons. The third-order valence-corrected chi connectivity index (χ3v) is 2.21. The Morgan fingerprint density at radius 2 is 1.89 bits per heavy atom. The minimum absolute atomic E-state index is 0.313. The number of hydrogen-bond acceptors (Lipinski definition) is 3. The molecule has 1 amide bonds. The molecular weight excluding hydrogens is 228 g/mol. The first kappa shape index (κ1) is 15.9. The van der Waals surface area contributed by atoms with E-state index in [0.717, 1.165) is 11.1 Å². The second-order valence-corrected chi connectivity index (χ2v) is 3.37. The highest BCUT2D eigenvalue weighted by atomic mass is 16.5. The maximum Gasteiger partial charge on any atom is 0.252 e. The molecule has 0 aliphatic carbocycles. The molecule has 1 rings (SSSR count). The maximum absolute atomic E-state index is 11.2. The number of amides is 1. The molecule has 0 heterocycles. The normalized spacial score (nSPS) is 8.89. The van der Waals surface area contributed by atoms with Crippen LogP contribution in [0.2, 0.25) is 0 Å². The van der Waals surface area contributed by atoms with Crippen LogP contribution in [0.25, 0.3) is 5.57 Å². The number of carbonyl (C=O) groups is 1. The van der Waals surface area contributed by atoms with Gasteiger partial charge in [0.15, 0.2) is 0 Å². The minimum Gasteiger partial charge on any atom is -0.496 e. The van der Waals surface area contributed by atoms with Crippen molar-refractivity contribution in [2.24, 2.45) is 10.7 Å². The zero-order chi connectivity index (χ0) is 14.3. The van der Waals surface area contributed by atoms with E-state index in [1.807, 2.05) is 20.8 Å². The van der Waals surface area contributed by atoms with Gasteiger partial charge in [0, 0.05) is 11.6 Å². The van der Waals surface area contributed by atoms with E-state index in [-0.39, 0.29) is 0 Å². The fraction of sp³-hybridized carbons (Fsp3) is 0.286. The van der Waals surface area contributed by atoms with Gasteiger partial charge in [0.25, 0.3) is 5.91 Å². The number of aliphatic imine (C=N–C) groups is 1. The van der Waals surface area contributed by atoms with E-state index in [4.69, 9.17) is 10.5 Å². The van der Waals surface area contributed by atoms with Crippen LogP contribution in [-0.2, 0) is 0 Å². The summed E-state index contributed by atoms with van der Waals surface area (Å²) in [6.07, 6.45) is 0. The van der Waals surface area contributed by atoms with Crippen LogP contribution in [0.15, 0.2) is 23.7 Å². The van der Waals surface area contributed by atoms with Gasteiger partial charge in [-0.05, 0) is 25.3 Å². The second-order valence-electron chi connectivity index (χ2n) is 3.37. The van der Waals surface area contributed by atoms with Crippen molar-refractivity contribution in [3.8, 4) is 5.75 Å². The van der Waals surface area contributed by atoms with Crippen molar-refractivity contribution in [2.75, 3.05) is 7.11 Å². The van der Waals surface area contributed by atoms with Crippen LogP contribution in [0.1, 0.15) is 36.7 Å². The zero-order valence-corrected chi connectivity index (χ0v) is 11.4. The van der Waals surface area contributed by atoms with E-state index in [0.29, 0.717) is 17.0 Å². The second kappa shape index (κ2) is 7.27. The van der Waals surface area contributed by atoms with Crippen molar-refractivity contribution < 1.29 is 9.53 Å². The first-order valence-corrected chi connectivity index (χ1v) is 5.65. The smallest absolute Gasteiger partial charge is 0.252 e. The largest absolute Gasteiger partial charge is 0.496 e. The molecule has 0 unspecified atom stereocenters. The Morgan fingerprint density at radius 3 is 2.22 bits per heavy atom. The summed E-state index contributed by atoms with van der Waals surface area (Å²) >= 11 is 0. The molecule has 2 N–H and O–H groups in total. The van der Waals surface area contributed by atoms with E-state index in [1.165, 1.54) is 7.11 Å². The first-order valence-electron chi connectivity index (χ1n) is 5.65. The number of hydrogen-bond donors (Lipinski definition) is 1. The molecular formula is C14H20N2O2. The molecule has 18 heavy (non-hydrogen) atoms. The molecule has 0 saturated heterocycles. The summed E-state index contributed by atoms with van der Waals surface area (Å²) in [5.74, 6) is -0.158. The van der Waals surface area contributed by atoms with Crippen LogP contribution in [0.5, 0.6) is 5.75 Å². The van der Waals surface area contributed by atoms with Crippen molar-refractivity contribution in [2.45, 2.75) is 20.8 Å². The number of methoxy groups -OCH3 is 1.